The topological polar surface area (TPSA) is 126 Å². The van der Waals surface area contributed by atoms with Gasteiger partial charge in [0.1, 0.15) is 0 Å². The molecule has 0 saturated heterocycles. The van der Waals surface area contributed by atoms with E-state index in [-0.39, 0.29) is 23.3 Å². The largest absolute Gasteiger partial charge is 0.481 e. The summed E-state index contributed by atoms with van der Waals surface area (Å²) in [6.07, 6.45) is -0.498. The van der Waals surface area contributed by atoms with Gasteiger partial charge < -0.3 is 10.2 Å². The lowest BCUT2D eigenvalue weighted by Gasteiger charge is -2.09. The van der Waals surface area contributed by atoms with Gasteiger partial charge >= 0.3 is 11.9 Å². The van der Waals surface area contributed by atoms with Gasteiger partial charge in [0.15, 0.2) is 20.9 Å². The van der Waals surface area contributed by atoms with Crippen LogP contribution in [0.5, 0.6) is 0 Å². The summed E-state index contributed by atoms with van der Waals surface area (Å²) < 4.78 is 23.9. The molecule has 0 fully saturated rings. The Bertz CT molecular complexity index is 658. The highest BCUT2D eigenvalue weighted by molar-refractivity contribution is 7.92. The molecule has 0 spiro atoms. The van der Waals surface area contributed by atoms with Crippen molar-refractivity contribution >= 4 is 27.6 Å². The maximum absolute atomic E-state index is 11.9. The van der Waals surface area contributed by atoms with Gasteiger partial charge in [-0.2, -0.15) is 0 Å². The quantitative estimate of drug-likeness (QED) is 0.718. The lowest BCUT2D eigenvalue weighted by molar-refractivity contribution is -0.137. The molecule has 0 aromatic heterocycles. The Balaban J connectivity index is 2.95. The van der Waals surface area contributed by atoms with Gasteiger partial charge in [0.25, 0.3) is 0 Å². The Morgan fingerprint density at radius 1 is 1.05 bits per heavy atom. The number of aliphatic carboxylic acids is 2. The van der Waals surface area contributed by atoms with Crippen molar-refractivity contribution in [2.24, 2.45) is 0 Å². The van der Waals surface area contributed by atoms with Crippen molar-refractivity contribution in [3.8, 4) is 0 Å². The fourth-order valence-corrected chi connectivity index (χ4v) is 2.72. The van der Waals surface area contributed by atoms with E-state index in [0.717, 1.165) is 19.1 Å². The normalized spacial score (nSPS) is 12.6. The number of rotatable bonds is 7. The highest BCUT2D eigenvalue weighted by Crippen LogP contribution is 2.18. The van der Waals surface area contributed by atoms with Crippen molar-refractivity contribution in [2.45, 2.75) is 29.9 Å². The summed E-state index contributed by atoms with van der Waals surface area (Å²) in [6.45, 7) is 1.06. The fraction of sp³-hybridized carbons (Fsp3) is 0.308. The van der Waals surface area contributed by atoms with Crippen LogP contribution >= 0.6 is 0 Å². The van der Waals surface area contributed by atoms with Crippen LogP contribution in [0.2, 0.25) is 0 Å². The Kier molecular flexibility index (Phi) is 5.20. The van der Waals surface area contributed by atoms with Crippen LogP contribution in [0.25, 0.3) is 0 Å². The average Bonchev–Trinajstić information content (AvgIpc) is 2.43. The molecule has 0 saturated carbocycles. The zero-order chi connectivity index (χ0) is 16.2. The number of Topliss-reactive ketones (excluding diaryl/α,β-unsaturated/α-hetero) is 1. The molecule has 8 heteroatoms. The third-order valence-electron chi connectivity index (χ3n) is 2.88. The van der Waals surface area contributed by atoms with Crippen molar-refractivity contribution in [3.63, 3.8) is 0 Å². The second kappa shape index (κ2) is 6.49. The summed E-state index contributed by atoms with van der Waals surface area (Å²) in [4.78, 5) is 32.6. The van der Waals surface area contributed by atoms with Crippen molar-refractivity contribution in [3.05, 3.63) is 29.8 Å². The molecule has 0 bridgehead atoms. The van der Waals surface area contributed by atoms with Crippen LogP contribution < -0.4 is 0 Å². The first-order valence-electron chi connectivity index (χ1n) is 5.98. The van der Waals surface area contributed by atoms with Gasteiger partial charge in [-0.3, -0.25) is 14.4 Å². The molecule has 0 aliphatic carbocycles. The second-order valence-electron chi connectivity index (χ2n) is 4.37. The minimum atomic E-state index is -4.01. The van der Waals surface area contributed by atoms with E-state index in [9.17, 15) is 22.8 Å². The van der Waals surface area contributed by atoms with E-state index in [1.165, 1.54) is 12.1 Å². The highest BCUT2D eigenvalue weighted by atomic mass is 32.2. The molecular formula is C13H14O7S. The molecule has 0 heterocycles. The number of carboxylic acid groups (broad SMARTS) is 2. The summed E-state index contributed by atoms with van der Waals surface area (Å²) in [5, 5.41) is 15.6. The molecular weight excluding hydrogens is 300 g/mol. The van der Waals surface area contributed by atoms with Crippen LogP contribution in [-0.4, -0.2) is 41.6 Å². The molecule has 0 aliphatic rings. The van der Waals surface area contributed by atoms with Crippen LogP contribution in [-0.2, 0) is 19.4 Å². The van der Waals surface area contributed by atoms with Crippen molar-refractivity contribution in [1.82, 2.24) is 0 Å². The molecule has 0 amide bonds. The van der Waals surface area contributed by atoms with Gasteiger partial charge in [0.2, 0.25) is 0 Å². The van der Waals surface area contributed by atoms with E-state index in [4.69, 9.17) is 10.2 Å². The maximum atomic E-state index is 11.9. The molecule has 0 radical (unpaired) electrons. The number of carboxylic acids is 2. The number of carbonyl (C=O) groups excluding carboxylic acids is 1. The predicted octanol–water partition coefficient (Wildman–Crippen LogP) is 0.981. The Morgan fingerprint density at radius 2 is 1.57 bits per heavy atom. The third-order valence-corrected chi connectivity index (χ3v) is 4.95. The van der Waals surface area contributed by atoms with E-state index in [1.807, 2.05) is 0 Å². The predicted molar refractivity (Wildman–Crippen MR) is 71.9 cm³/mol. The zero-order valence-corrected chi connectivity index (χ0v) is 12.0. The molecule has 1 aromatic rings. The first-order valence-corrected chi connectivity index (χ1v) is 7.52. The van der Waals surface area contributed by atoms with Crippen LogP contribution in [0.4, 0.5) is 0 Å². The van der Waals surface area contributed by atoms with E-state index in [1.54, 1.807) is 0 Å². The molecule has 1 rings (SSSR count). The Labute approximate surface area is 121 Å². The van der Waals surface area contributed by atoms with Gasteiger partial charge in [0.05, 0.1) is 11.3 Å². The van der Waals surface area contributed by atoms with E-state index in [2.05, 4.69) is 0 Å². The summed E-state index contributed by atoms with van der Waals surface area (Å²) >= 11 is 0. The zero-order valence-electron chi connectivity index (χ0n) is 11.1. The van der Waals surface area contributed by atoms with Crippen molar-refractivity contribution in [1.29, 1.82) is 0 Å². The Hall–Kier alpha value is -2.22. The van der Waals surface area contributed by atoms with Crippen LogP contribution in [0, 0.1) is 0 Å². The number of hydrogen-bond donors (Lipinski definition) is 2. The van der Waals surface area contributed by atoms with Gasteiger partial charge in [-0.15, -0.1) is 0 Å². The number of sulfone groups is 1. The molecule has 7 nitrogen and oxygen atoms in total. The van der Waals surface area contributed by atoms with Gasteiger partial charge in [-0.05, 0) is 19.1 Å². The van der Waals surface area contributed by atoms with Crippen molar-refractivity contribution in [2.75, 3.05) is 0 Å². The number of hydrogen-bond acceptors (Lipinski definition) is 5. The minimum Gasteiger partial charge on any atom is -0.481 e. The maximum Gasteiger partial charge on any atom is 0.321 e. The summed E-state index contributed by atoms with van der Waals surface area (Å²) in [5.74, 6) is -2.98. The summed E-state index contributed by atoms with van der Waals surface area (Å²) in [6, 6.07) is 4.77. The summed E-state index contributed by atoms with van der Waals surface area (Å²) in [5.41, 5.74) is 0.179. The minimum absolute atomic E-state index is 0.179. The molecule has 2 N–H and O–H groups in total. The molecule has 1 atom stereocenters. The first-order chi connectivity index (χ1) is 9.66. The number of carbonyl (C=O) groups is 3. The second-order valence-corrected chi connectivity index (χ2v) is 6.64. The molecule has 114 valence electrons. The lowest BCUT2D eigenvalue weighted by Crippen LogP contribution is -2.26. The van der Waals surface area contributed by atoms with Crippen LogP contribution in [0.3, 0.4) is 0 Å². The van der Waals surface area contributed by atoms with E-state index >= 15 is 0 Å². The molecule has 1 unspecified atom stereocenters. The van der Waals surface area contributed by atoms with Gasteiger partial charge in [0, 0.05) is 12.0 Å². The first kappa shape index (κ1) is 16.8. The molecule has 21 heavy (non-hydrogen) atoms. The number of ketones is 1. The van der Waals surface area contributed by atoms with E-state index in [0.29, 0.717) is 0 Å². The Morgan fingerprint density at radius 3 is 2.00 bits per heavy atom. The van der Waals surface area contributed by atoms with Crippen molar-refractivity contribution < 1.29 is 33.0 Å². The van der Waals surface area contributed by atoms with E-state index < -0.39 is 32.8 Å². The monoisotopic (exact) mass is 314 g/mol. The SMILES string of the molecule is CC(C(=O)O)S(=O)(=O)c1ccc(C(=O)CCC(=O)O)cc1. The molecule has 0 aliphatic heterocycles. The lowest BCUT2D eigenvalue weighted by atomic mass is 10.1. The van der Waals surface area contributed by atoms with Gasteiger partial charge in [-0.25, -0.2) is 8.42 Å². The smallest absolute Gasteiger partial charge is 0.321 e. The van der Waals surface area contributed by atoms with Crippen LogP contribution in [0.15, 0.2) is 29.2 Å². The summed E-state index contributed by atoms with van der Waals surface area (Å²) in [7, 11) is -4.01. The molecule has 1 aromatic carbocycles. The van der Waals surface area contributed by atoms with Crippen LogP contribution in [0.1, 0.15) is 30.1 Å². The third kappa shape index (κ3) is 4.12. The standard InChI is InChI=1S/C13H14O7S/c1-8(13(17)18)21(19,20)10-4-2-9(3-5-10)11(14)6-7-12(15)16/h2-5,8H,6-7H2,1H3,(H,15,16)(H,17,18). The fourth-order valence-electron chi connectivity index (χ4n) is 1.53. The average molecular weight is 314 g/mol. The highest BCUT2D eigenvalue weighted by Gasteiger charge is 2.29. The van der Waals surface area contributed by atoms with Gasteiger partial charge in [-0.1, -0.05) is 12.1 Å². The number of benzene rings is 1.